The number of amides is 1. The topological polar surface area (TPSA) is 69.2 Å². The van der Waals surface area contributed by atoms with Gasteiger partial charge in [0, 0.05) is 51.5 Å². The predicted molar refractivity (Wildman–Crippen MR) is 141 cm³/mol. The molecule has 1 heterocycles. The van der Waals surface area contributed by atoms with E-state index in [1.807, 2.05) is 24.3 Å². The number of halogens is 1. The standard InChI is InChI=1S/C24H33N5O2.HI/c1-4-25-24(26-17-19-9-11-20(12-10-19)23(30)28(2)3)27-18-21-7-5-6-8-22(21)29-13-15-31-16-14-29;/h5-12H,4,13-18H2,1-3H3,(H2,25,26,27);1H. The highest BCUT2D eigenvalue weighted by molar-refractivity contribution is 14.0. The summed E-state index contributed by atoms with van der Waals surface area (Å²) in [6.07, 6.45) is 0. The van der Waals surface area contributed by atoms with Gasteiger partial charge in [0.25, 0.3) is 5.91 Å². The highest BCUT2D eigenvalue weighted by Gasteiger charge is 2.14. The fraction of sp³-hybridized carbons (Fsp3) is 0.417. The first-order chi connectivity index (χ1) is 15.1. The largest absolute Gasteiger partial charge is 0.378 e. The highest BCUT2D eigenvalue weighted by Crippen LogP contribution is 2.21. The lowest BCUT2D eigenvalue weighted by atomic mass is 10.1. The Morgan fingerprint density at radius 1 is 1.06 bits per heavy atom. The molecule has 8 heteroatoms. The van der Waals surface area contributed by atoms with Gasteiger partial charge in [-0.05, 0) is 36.2 Å². The molecule has 7 nitrogen and oxygen atoms in total. The molecule has 2 aromatic rings. The number of carbonyl (C=O) groups is 1. The van der Waals surface area contributed by atoms with Crippen LogP contribution in [0.15, 0.2) is 53.5 Å². The van der Waals surface area contributed by atoms with Crippen LogP contribution in [-0.2, 0) is 17.8 Å². The number of carbonyl (C=O) groups excluding carboxylic acids is 1. The Bertz CT molecular complexity index is 880. The van der Waals surface area contributed by atoms with Gasteiger partial charge in [0.05, 0.1) is 19.8 Å². The minimum absolute atomic E-state index is 0. The van der Waals surface area contributed by atoms with E-state index in [1.54, 1.807) is 19.0 Å². The third-order valence-corrected chi connectivity index (χ3v) is 5.16. The average Bonchev–Trinajstić information content (AvgIpc) is 2.81. The van der Waals surface area contributed by atoms with Crippen molar-refractivity contribution in [2.24, 2.45) is 4.99 Å². The van der Waals surface area contributed by atoms with E-state index in [0.717, 1.165) is 44.4 Å². The van der Waals surface area contributed by atoms with E-state index in [-0.39, 0.29) is 29.9 Å². The van der Waals surface area contributed by atoms with Gasteiger partial charge in [-0.25, -0.2) is 4.99 Å². The molecular formula is C24H34IN5O2. The van der Waals surface area contributed by atoms with Crippen molar-refractivity contribution < 1.29 is 9.53 Å². The molecule has 1 fully saturated rings. The van der Waals surface area contributed by atoms with Crippen LogP contribution in [0.2, 0.25) is 0 Å². The molecular weight excluding hydrogens is 517 g/mol. The van der Waals surface area contributed by atoms with Crippen molar-refractivity contribution in [3.8, 4) is 0 Å². The molecule has 0 atom stereocenters. The van der Waals surface area contributed by atoms with Crippen molar-refractivity contribution >= 4 is 41.5 Å². The predicted octanol–water partition coefficient (Wildman–Crippen LogP) is 3.10. The second-order valence-electron chi connectivity index (χ2n) is 7.67. The fourth-order valence-corrected chi connectivity index (χ4v) is 3.48. The van der Waals surface area contributed by atoms with Gasteiger partial charge in [0.1, 0.15) is 0 Å². The molecule has 0 saturated carbocycles. The van der Waals surface area contributed by atoms with Gasteiger partial charge >= 0.3 is 0 Å². The van der Waals surface area contributed by atoms with E-state index in [9.17, 15) is 4.79 Å². The van der Waals surface area contributed by atoms with Gasteiger partial charge < -0.3 is 25.2 Å². The molecule has 0 radical (unpaired) electrons. The zero-order chi connectivity index (χ0) is 22.1. The van der Waals surface area contributed by atoms with Crippen molar-refractivity contribution in [3.05, 3.63) is 65.2 Å². The molecule has 0 bridgehead atoms. The molecule has 1 amide bonds. The number of guanidine groups is 1. The number of hydrogen-bond acceptors (Lipinski definition) is 4. The molecule has 0 spiro atoms. The van der Waals surface area contributed by atoms with Crippen LogP contribution in [0.4, 0.5) is 5.69 Å². The van der Waals surface area contributed by atoms with Crippen molar-refractivity contribution in [3.63, 3.8) is 0 Å². The number of rotatable bonds is 7. The second kappa shape index (κ2) is 13.3. The Labute approximate surface area is 208 Å². The molecule has 0 aliphatic carbocycles. The maximum absolute atomic E-state index is 12.0. The minimum atomic E-state index is 0. The second-order valence-corrected chi connectivity index (χ2v) is 7.67. The molecule has 2 aromatic carbocycles. The van der Waals surface area contributed by atoms with Crippen LogP contribution in [0.25, 0.3) is 0 Å². The van der Waals surface area contributed by atoms with Crippen LogP contribution >= 0.6 is 24.0 Å². The first-order valence-corrected chi connectivity index (χ1v) is 10.8. The first kappa shape index (κ1) is 25.9. The highest BCUT2D eigenvalue weighted by atomic mass is 127. The van der Waals surface area contributed by atoms with Crippen LogP contribution in [-0.4, -0.2) is 63.7 Å². The number of para-hydroxylation sites is 1. The molecule has 32 heavy (non-hydrogen) atoms. The zero-order valence-corrected chi connectivity index (χ0v) is 21.5. The van der Waals surface area contributed by atoms with Crippen LogP contribution < -0.4 is 15.5 Å². The molecule has 0 aromatic heterocycles. The quantitative estimate of drug-likeness (QED) is 0.315. The van der Waals surface area contributed by atoms with Gasteiger partial charge in [-0.15, -0.1) is 24.0 Å². The van der Waals surface area contributed by atoms with Gasteiger partial charge in [-0.3, -0.25) is 4.79 Å². The number of benzene rings is 2. The van der Waals surface area contributed by atoms with E-state index >= 15 is 0 Å². The van der Waals surface area contributed by atoms with Crippen molar-refractivity contribution in [1.29, 1.82) is 0 Å². The van der Waals surface area contributed by atoms with Crippen LogP contribution in [0.1, 0.15) is 28.4 Å². The Morgan fingerprint density at radius 2 is 1.75 bits per heavy atom. The van der Waals surface area contributed by atoms with Gasteiger partial charge in [0.2, 0.25) is 0 Å². The minimum Gasteiger partial charge on any atom is -0.378 e. The summed E-state index contributed by atoms with van der Waals surface area (Å²) in [6.45, 7) is 7.44. The Morgan fingerprint density at radius 3 is 2.41 bits per heavy atom. The van der Waals surface area contributed by atoms with Crippen LogP contribution in [0, 0.1) is 0 Å². The van der Waals surface area contributed by atoms with Gasteiger partial charge in [0.15, 0.2) is 5.96 Å². The van der Waals surface area contributed by atoms with Crippen molar-refractivity contribution in [2.75, 3.05) is 51.8 Å². The van der Waals surface area contributed by atoms with E-state index in [1.165, 1.54) is 11.3 Å². The molecule has 3 rings (SSSR count). The van der Waals surface area contributed by atoms with E-state index in [4.69, 9.17) is 9.73 Å². The summed E-state index contributed by atoms with van der Waals surface area (Å²) in [5.41, 5.74) is 4.22. The van der Waals surface area contributed by atoms with Crippen LogP contribution in [0.3, 0.4) is 0 Å². The zero-order valence-electron chi connectivity index (χ0n) is 19.1. The van der Waals surface area contributed by atoms with Crippen molar-refractivity contribution in [1.82, 2.24) is 15.5 Å². The molecule has 2 N–H and O–H groups in total. The number of ether oxygens (including phenoxy) is 1. The third kappa shape index (κ3) is 7.37. The van der Waals surface area contributed by atoms with E-state index < -0.39 is 0 Å². The summed E-state index contributed by atoms with van der Waals surface area (Å²) >= 11 is 0. The van der Waals surface area contributed by atoms with E-state index in [2.05, 4.69) is 46.7 Å². The summed E-state index contributed by atoms with van der Waals surface area (Å²) in [6, 6.07) is 16.1. The lowest BCUT2D eigenvalue weighted by Crippen LogP contribution is -2.39. The number of anilines is 1. The van der Waals surface area contributed by atoms with Gasteiger partial charge in [-0.2, -0.15) is 0 Å². The number of hydrogen-bond donors (Lipinski definition) is 2. The number of nitrogens with zero attached hydrogens (tertiary/aromatic N) is 3. The first-order valence-electron chi connectivity index (χ1n) is 10.8. The monoisotopic (exact) mass is 551 g/mol. The molecule has 1 saturated heterocycles. The summed E-state index contributed by atoms with van der Waals surface area (Å²) in [7, 11) is 3.51. The maximum atomic E-state index is 12.0. The molecule has 1 aliphatic rings. The molecule has 1 aliphatic heterocycles. The number of aliphatic imine (C=N–C) groups is 1. The van der Waals surface area contributed by atoms with Crippen LogP contribution in [0.5, 0.6) is 0 Å². The Kier molecular flexibility index (Phi) is 10.8. The molecule has 0 unspecified atom stereocenters. The average molecular weight is 551 g/mol. The Hall–Kier alpha value is -2.33. The van der Waals surface area contributed by atoms with Gasteiger partial charge in [-0.1, -0.05) is 30.3 Å². The Balaban J connectivity index is 0.00000363. The lowest BCUT2D eigenvalue weighted by molar-refractivity contribution is 0.0827. The summed E-state index contributed by atoms with van der Waals surface area (Å²) < 4.78 is 5.49. The lowest BCUT2D eigenvalue weighted by Gasteiger charge is -2.30. The normalized spacial score (nSPS) is 13.8. The maximum Gasteiger partial charge on any atom is 0.253 e. The summed E-state index contributed by atoms with van der Waals surface area (Å²) in [5, 5.41) is 6.76. The summed E-state index contributed by atoms with van der Waals surface area (Å²) in [4.78, 5) is 20.7. The summed E-state index contributed by atoms with van der Waals surface area (Å²) in [5.74, 6) is 0.775. The number of nitrogens with one attached hydrogen (secondary N) is 2. The smallest absolute Gasteiger partial charge is 0.253 e. The fourth-order valence-electron chi connectivity index (χ4n) is 3.48. The SMILES string of the molecule is CCNC(=NCc1ccc(C(=O)N(C)C)cc1)NCc1ccccc1N1CCOCC1.I. The number of morpholine rings is 1. The van der Waals surface area contributed by atoms with E-state index in [0.29, 0.717) is 18.7 Å². The third-order valence-electron chi connectivity index (χ3n) is 5.16. The molecule has 174 valence electrons. The van der Waals surface area contributed by atoms with Crippen molar-refractivity contribution in [2.45, 2.75) is 20.0 Å².